The highest BCUT2D eigenvalue weighted by Crippen LogP contribution is 2.24. The standard InChI is InChI=1S/C12H20N6/c1-4-12(2,5-6-13)17-10-9-7-16-18(3)11(9)15-8-14-10/h7-8H,4-6,13H2,1-3H3,(H,14,15,17). The lowest BCUT2D eigenvalue weighted by molar-refractivity contribution is 0.462. The zero-order chi connectivity index (χ0) is 13.2. The Morgan fingerprint density at radius 2 is 2.22 bits per heavy atom. The molecule has 1 atom stereocenters. The molecule has 3 N–H and O–H groups in total. The summed E-state index contributed by atoms with van der Waals surface area (Å²) in [6.07, 6.45) is 5.23. The first-order valence-electron chi connectivity index (χ1n) is 6.20. The Bertz CT molecular complexity index is 534. The van der Waals surface area contributed by atoms with E-state index in [9.17, 15) is 0 Å². The molecule has 6 heteroatoms. The fourth-order valence-corrected chi connectivity index (χ4v) is 1.99. The molecule has 0 amide bonds. The van der Waals surface area contributed by atoms with E-state index in [-0.39, 0.29) is 5.54 Å². The molecule has 0 saturated heterocycles. The van der Waals surface area contributed by atoms with Gasteiger partial charge in [0.2, 0.25) is 0 Å². The molecule has 0 fully saturated rings. The van der Waals surface area contributed by atoms with Crippen LogP contribution in [0.2, 0.25) is 0 Å². The second-order valence-corrected chi connectivity index (χ2v) is 4.81. The smallest absolute Gasteiger partial charge is 0.163 e. The number of nitrogens with zero attached hydrogens (tertiary/aromatic N) is 4. The van der Waals surface area contributed by atoms with Crippen molar-refractivity contribution in [1.82, 2.24) is 19.7 Å². The van der Waals surface area contributed by atoms with E-state index in [2.05, 4.69) is 34.2 Å². The monoisotopic (exact) mass is 248 g/mol. The minimum Gasteiger partial charge on any atom is -0.364 e. The predicted molar refractivity (Wildman–Crippen MR) is 72.3 cm³/mol. The highest BCUT2D eigenvalue weighted by atomic mass is 15.3. The maximum atomic E-state index is 5.67. The van der Waals surface area contributed by atoms with Crippen molar-refractivity contribution in [3.8, 4) is 0 Å². The van der Waals surface area contributed by atoms with Gasteiger partial charge in [0, 0.05) is 12.6 Å². The number of nitrogens with one attached hydrogen (secondary N) is 1. The summed E-state index contributed by atoms with van der Waals surface area (Å²) in [5, 5.41) is 8.63. The minimum absolute atomic E-state index is 0.0497. The lowest BCUT2D eigenvalue weighted by atomic mass is 9.94. The van der Waals surface area contributed by atoms with Crippen LogP contribution in [-0.2, 0) is 7.05 Å². The Kier molecular flexibility index (Phi) is 3.47. The molecule has 0 aromatic carbocycles. The van der Waals surface area contributed by atoms with Crippen LogP contribution in [0.5, 0.6) is 0 Å². The highest BCUT2D eigenvalue weighted by Gasteiger charge is 2.22. The Balaban J connectivity index is 2.36. The van der Waals surface area contributed by atoms with E-state index in [1.54, 1.807) is 17.2 Å². The minimum atomic E-state index is -0.0497. The number of fused-ring (bicyclic) bond motifs is 1. The molecule has 0 aliphatic heterocycles. The van der Waals surface area contributed by atoms with Crippen molar-refractivity contribution in [2.45, 2.75) is 32.2 Å². The van der Waals surface area contributed by atoms with Crippen molar-refractivity contribution in [3.05, 3.63) is 12.5 Å². The largest absolute Gasteiger partial charge is 0.364 e. The maximum absolute atomic E-state index is 5.67. The summed E-state index contributed by atoms with van der Waals surface area (Å²) in [5.41, 5.74) is 6.45. The lowest BCUT2D eigenvalue weighted by Gasteiger charge is -2.30. The van der Waals surface area contributed by atoms with Gasteiger partial charge < -0.3 is 11.1 Å². The molecule has 2 rings (SSSR count). The third kappa shape index (κ3) is 2.28. The number of aryl methyl sites for hydroxylation is 1. The van der Waals surface area contributed by atoms with Gasteiger partial charge in [0.25, 0.3) is 0 Å². The number of aromatic nitrogens is 4. The molecule has 0 saturated carbocycles. The van der Waals surface area contributed by atoms with Gasteiger partial charge in [-0.3, -0.25) is 4.68 Å². The summed E-state index contributed by atoms with van der Waals surface area (Å²) < 4.78 is 1.74. The highest BCUT2D eigenvalue weighted by molar-refractivity contribution is 5.86. The number of hydrogen-bond acceptors (Lipinski definition) is 5. The van der Waals surface area contributed by atoms with E-state index in [0.717, 1.165) is 29.7 Å². The first-order valence-corrected chi connectivity index (χ1v) is 6.20. The second kappa shape index (κ2) is 4.89. The molecule has 6 nitrogen and oxygen atoms in total. The van der Waals surface area contributed by atoms with E-state index < -0.39 is 0 Å². The lowest BCUT2D eigenvalue weighted by Crippen LogP contribution is -2.36. The van der Waals surface area contributed by atoms with Crippen molar-refractivity contribution in [2.24, 2.45) is 12.8 Å². The van der Waals surface area contributed by atoms with Crippen LogP contribution in [0.25, 0.3) is 11.0 Å². The molecule has 0 bridgehead atoms. The summed E-state index contributed by atoms with van der Waals surface area (Å²) in [7, 11) is 1.87. The molecule has 2 aromatic rings. The van der Waals surface area contributed by atoms with Crippen LogP contribution < -0.4 is 11.1 Å². The van der Waals surface area contributed by atoms with Crippen molar-refractivity contribution < 1.29 is 0 Å². The Hall–Kier alpha value is -1.69. The van der Waals surface area contributed by atoms with Crippen molar-refractivity contribution >= 4 is 16.9 Å². The number of nitrogens with two attached hydrogens (primary N) is 1. The molecular formula is C12H20N6. The molecule has 2 aromatic heterocycles. The number of anilines is 1. The van der Waals surface area contributed by atoms with Crippen LogP contribution >= 0.6 is 0 Å². The van der Waals surface area contributed by atoms with Gasteiger partial charge in [0.05, 0.1) is 11.6 Å². The predicted octanol–water partition coefficient (Wildman–Crippen LogP) is 1.29. The summed E-state index contributed by atoms with van der Waals surface area (Å²) in [6.45, 7) is 4.95. The first-order chi connectivity index (χ1) is 8.59. The SMILES string of the molecule is CCC(C)(CCN)Nc1ncnc2c1cnn2C. The van der Waals surface area contributed by atoms with Crippen LogP contribution in [0.4, 0.5) is 5.82 Å². The van der Waals surface area contributed by atoms with Crippen LogP contribution in [0, 0.1) is 0 Å². The normalized spacial score (nSPS) is 14.7. The Morgan fingerprint density at radius 3 is 2.89 bits per heavy atom. The van der Waals surface area contributed by atoms with Gasteiger partial charge >= 0.3 is 0 Å². The molecule has 1 unspecified atom stereocenters. The summed E-state index contributed by atoms with van der Waals surface area (Å²) in [6, 6.07) is 0. The van der Waals surface area contributed by atoms with Crippen molar-refractivity contribution in [3.63, 3.8) is 0 Å². The molecule has 0 radical (unpaired) electrons. The number of rotatable bonds is 5. The van der Waals surface area contributed by atoms with Gasteiger partial charge in [-0.2, -0.15) is 5.10 Å². The third-order valence-corrected chi connectivity index (χ3v) is 3.43. The summed E-state index contributed by atoms with van der Waals surface area (Å²) in [4.78, 5) is 8.55. The van der Waals surface area contributed by atoms with Gasteiger partial charge in [-0.15, -0.1) is 0 Å². The zero-order valence-electron chi connectivity index (χ0n) is 11.1. The van der Waals surface area contributed by atoms with Gasteiger partial charge in [-0.1, -0.05) is 6.92 Å². The molecule has 18 heavy (non-hydrogen) atoms. The van der Waals surface area contributed by atoms with Crippen LogP contribution in [0.1, 0.15) is 26.7 Å². The summed E-state index contributed by atoms with van der Waals surface area (Å²) >= 11 is 0. The molecule has 0 spiro atoms. The first kappa shape index (κ1) is 12.8. The average molecular weight is 248 g/mol. The molecule has 0 aliphatic carbocycles. The fourth-order valence-electron chi connectivity index (χ4n) is 1.99. The molecule has 0 aliphatic rings. The van der Waals surface area contributed by atoms with Crippen LogP contribution in [0.3, 0.4) is 0 Å². The van der Waals surface area contributed by atoms with E-state index in [0.29, 0.717) is 6.54 Å². The second-order valence-electron chi connectivity index (χ2n) is 4.81. The van der Waals surface area contributed by atoms with E-state index >= 15 is 0 Å². The topological polar surface area (TPSA) is 81.7 Å². The van der Waals surface area contributed by atoms with E-state index in [1.165, 1.54) is 0 Å². The molecule has 2 heterocycles. The quantitative estimate of drug-likeness (QED) is 0.833. The van der Waals surface area contributed by atoms with Gasteiger partial charge in [0.15, 0.2) is 5.65 Å². The van der Waals surface area contributed by atoms with Crippen molar-refractivity contribution in [2.75, 3.05) is 11.9 Å². The van der Waals surface area contributed by atoms with Crippen molar-refractivity contribution in [1.29, 1.82) is 0 Å². The summed E-state index contributed by atoms with van der Waals surface area (Å²) in [5.74, 6) is 0.825. The van der Waals surface area contributed by atoms with Gasteiger partial charge in [-0.25, -0.2) is 9.97 Å². The van der Waals surface area contributed by atoms with Gasteiger partial charge in [-0.05, 0) is 26.3 Å². The maximum Gasteiger partial charge on any atom is 0.163 e. The fraction of sp³-hybridized carbons (Fsp3) is 0.583. The molecular weight excluding hydrogens is 228 g/mol. The van der Waals surface area contributed by atoms with E-state index in [4.69, 9.17) is 5.73 Å². The Labute approximate surface area is 107 Å². The van der Waals surface area contributed by atoms with Gasteiger partial charge in [0.1, 0.15) is 12.1 Å². The third-order valence-electron chi connectivity index (χ3n) is 3.43. The molecule has 98 valence electrons. The average Bonchev–Trinajstić information content (AvgIpc) is 2.73. The van der Waals surface area contributed by atoms with Crippen LogP contribution in [-0.4, -0.2) is 31.8 Å². The zero-order valence-corrected chi connectivity index (χ0v) is 11.1. The number of hydrogen-bond donors (Lipinski definition) is 2. The Morgan fingerprint density at radius 1 is 1.44 bits per heavy atom. The van der Waals surface area contributed by atoms with E-state index in [1.807, 2.05) is 7.05 Å². The van der Waals surface area contributed by atoms with Crippen LogP contribution in [0.15, 0.2) is 12.5 Å².